The third-order valence-corrected chi connectivity index (χ3v) is 5.45. The van der Waals surface area contributed by atoms with Crippen molar-refractivity contribution in [2.75, 3.05) is 12.4 Å². The smallest absolute Gasteiger partial charge is 0.313 e. The lowest BCUT2D eigenvalue weighted by Crippen LogP contribution is -2.27. The van der Waals surface area contributed by atoms with Crippen molar-refractivity contribution in [3.63, 3.8) is 0 Å². The Labute approximate surface area is 167 Å². The van der Waals surface area contributed by atoms with Crippen molar-refractivity contribution in [1.29, 1.82) is 0 Å². The van der Waals surface area contributed by atoms with Crippen molar-refractivity contribution in [2.45, 2.75) is 18.3 Å². The van der Waals surface area contributed by atoms with Crippen molar-refractivity contribution in [3.05, 3.63) is 64.9 Å². The van der Waals surface area contributed by atoms with Crippen LogP contribution < -0.4 is 5.32 Å². The van der Waals surface area contributed by atoms with Gasteiger partial charge in [0.05, 0.1) is 10.4 Å². The number of benzene rings is 2. The summed E-state index contributed by atoms with van der Waals surface area (Å²) < 4.78 is 1.99. The highest BCUT2D eigenvalue weighted by molar-refractivity contribution is 6.33. The van der Waals surface area contributed by atoms with Crippen LogP contribution in [0.25, 0.3) is 11.4 Å². The van der Waals surface area contributed by atoms with E-state index < -0.39 is 6.03 Å². The van der Waals surface area contributed by atoms with E-state index in [1.54, 1.807) is 18.2 Å². The van der Waals surface area contributed by atoms with Gasteiger partial charge in [0.1, 0.15) is 5.82 Å². The largest absolute Gasteiger partial charge is 0.345 e. The number of carbonyl (C=O) groups excluding carboxylic acids is 1. The van der Waals surface area contributed by atoms with Crippen LogP contribution in [0.1, 0.15) is 24.2 Å². The zero-order chi connectivity index (χ0) is 19.9. The molecular weight excluding hydrogens is 378 g/mol. The fraction of sp³-hybridized carbons (Fsp3) is 0.250. The lowest BCUT2D eigenvalue weighted by molar-refractivity contribution is -0.0118. The number of hydrogen-bond acceptors (Lipinski definition) is 4. The summed E-state index contributed by atoms with van der Waals surface area (Å²) in [5.41, 5.74) is 2.36. The summed E-state index contributed by atoms with van der Waals surface area (Å²) in [6.45, 7) is 0. The van der Waals surface area contributed by atoms with Gasteiger partial charge in [0.25, 0.3) is 0 Å². The summed E-state index contributed by atoms with van der Waals surface area (Å²) in [7, 11) is 3.19. The zero-order valence-corrected chi connectivity index (χ0v) is 16.3. The van der Waals surface area contributed by atoms with Gasteiger partial charge in [0.2, 0.25) is 0 Å². The van der Waals surface area contributed by atoms with Gasteiger partial charge in [-0.25, -0.2) is 9.86 Å². The fourth-order valence-electron chi connectivity index (χ4n) is 3.48. The summed E-state index contributed by atoms with van der Waals surface area (Å²) in [6, 6.07) is 14.8. The Balaban J connectivity index is 1.66. The van der Waals surface area contributed by atoms with Crippen LogP contribution in [-0.4, -0.2) is 38.1 Å². The fourth-order valence-corrected chi connectivity index (χ4v) is 3.75. The Morgan fingerprint density at radius 2 is 1.93 bits per heavy atom. The van der Waals surface area contributed by atoms with E-state index in [0.29, 0.717) is 21.6 Å². The summed E-state index contributed by atoms with van der Waals surface area (Å²) in [6.07, 6.45) is 2.08. The lowest BCUT2D eigenvalue weighted by Gasteiger charge is -2.16. The number of urea groups is 1. The molecule has 0 saturated heterocycles. The molecule has 3 aromatic rings. The first-order valence-electron chi connectivity index (χ1n) is 8.91. The number of amides is 2. The zero-order valence-electron chi connectivity index (χ0n) is 15.6. The van der Waals surface area contributed by atoms with Gasteiger partial charge in [-0.15, -0.1) is 10.2 Å². The number of nitrogens with zero attached hydrogens (tertiary/aromatic N) is 4. The molecule has 7 nitrogen and oxygen atoms in total. The molecule has 0 unspecified atom stereocenters. The molecule has 1 aromatic heterocycles. The number of rotatable bonds is 4. The Kier molecular flexibility index (Phi) is 4.56. The van der Waals surface area contributed by atoms with E-state index in [9.17, 15) is 4.79 Å². The standard InChI is InChI=1S/C20H20ClN5O2/c1-25-17(15-9-8-14(12-16(15)21)22-19(27)26(2)28)23-24-18(25)20(10-11-20)13-6-4-3-5-7-13/h3-9,12,28H,10-11H2,1-2H3,(H,22,27). The molecule has 144 valence electrons. The van der Waals surface area contributed by atoms with Crippen LogP contribution in [0.2, 0.25) is 5.02 Å². The second-order valence-corrected chi connectivity index (χ2v) is 7.41. The molecule has 0 atom stereocenters. The Hall–Kier alpha value is -2.90. The first kappa shape index (κ1) is 18.5. The molecule has 0 radical (unpaired) electrons. The van der Waals surface area contributed by atoms with Crippen molar-refractivity contribution in [3.8, 4) is 11.4 Å². The third-order valence-electron chi connectivity index (χ3n) is 5.13. The van der Waals surface area contributed by atoms with Crippen molar-refractivity contribution >= 4 is 23.3 Å². The molecule has 1 aliphatic carbocycles. The minimum atomic E-state index is -0.650. The van der Waals surface area contributed by atoms with E-state index >= 15 is 0 Å². The number of carbonyl (C=O) groups is 1. The van der Waals surface area contributed by atoms with Gasteiger partial charge in [-0.1, -0.05) is 41.9 Å². The second-order valence-electron chi connectivity index (χ2n) is 7.00. The van der Waals surface area contributed by atoms with Crippen LogP contribution in [0.15, 0.2) is 48.5 Å². The average Bonchev–Trinajstić information content (AvgIpc) is 3.40. The molecule has 2 aromatic carbocycles. The number of anilines is 1. The predicted molar refractivity (Wildman–Crippen MR) is 106 cm³/mol. The van der Waals surface area contributed by atoms with Gasteiger partial charge in [0.15, 0.2) is 5.82 Å². The van der Waals surface area contributed by atoms with Crippen LogP contribution in [0.5, 0.6) is 0 Å². The number of aromatic nitrogens is 3. The molecule has 1 fully saturated rings. The van der Waals surface area contributed by atoms with Crippen molar-refractivity contribution in [2.24, 2.45) is 7.05 Å². The molecule has 0 bridgehead atoms. The molecule has 2 N–H and O–H groups in total. The van der Waals surface area contributed by atoms with Crippen LogP contribution >= 0.6 is 11.6 Å². The minimum absolute atomic E-state index is 0.0899. The van der Waals surface area contributed by atoms with Gasteiger partial charge >= 0.3 is 6.03 Å². The minimum Gasteiger partial charge on any atom is -0.313 e. The van der Waals surface area contributed by atoms with Gasteiger partial charge in [0, 0.05) is 25.3 Å². The highest BCUT2D eigenvalue weighted by Gasteiger charge is 2.49. The second kappa shape index (κ2) is 6.92. The molecule has 4 rings (SSSR count). The van der Waals surface area contributed by atoms with Gasteiger partial charge in [-0.3, -0.25) is 5.21 Å². The van der Waals surface area contributed by atoms with E-state index in [-0.39, 0.29) is 5.41 Å². The number of nitrogens with one attached hydrogen (secondary N) is 1. The highest BCUT2D eigenvalue weighted by atomic mass is 35.5. The molecule has 0 aliphatic heterocycles. The molecule has 0 spiro atoms. The molecule has 1 aliphatic rings. The maximum absolute atomic E-state index is 11.6. The summed E-state index contributed by atoms with van der Waals surface area (Å²) >= 11 is 6.45. The van der Waals surface area contributed by atoms with E-state index in [1.807, 2.05) is 29.8 Å². The molecular formula is C20H20ClN5O2. The normalized spacial score (nSPS) is 14.6. The van der Waals surface area contributed by atoms with Gasteiger partial charge in [-0.05, 0) is 36.6 Å². The van der Waals surface area contributed by atoms with Gasteiger partial charge in [-0.2, -0.15) is 0 Å². The van der Waals surface area contributed by atoms with Crippen molar-refractivity contribution in [1.82, 2.24) is 19.8 Å². The number of hydroxylamine groups is 2. The Morgan fingerprint density at radius 3 is 2.54 bits per heavy atom. The molecule has 1 saturated carbocycles. The van der Waals surface area contributed by atoms with E-state index in [0.717, 1.165) is 24.2 Å². The summed E-state index contributed by atoms with van der Waals surface area (Å²) in [4.78, 5) is 11.6. The molecule has 28 heavy (non-hydrogen) atoms. The number of hydrogen-bond donors (Lipinski definition) is 2. The predicted octanol–water partition coefficient (Wildman–Crippen LogP) is 4.07. The summed E-state index contributed by atoms with van der Waals surface area (Å²) in [5.74, 6) is 1.59. The monoisotopic (exact) mass is 397 g/mol. The third kappa shape index (κ3) is 3.12. The van der Waals surface area contributed by atoms with E-state index in [1.165, 1.54) is 12.6 Å². The van der Waals surface area contributed by atoms with Crippen molar-refractivity contribution < 1.29 is 10.0 Å². The quantitative estimate of drug-likeness (QED) is 0.513. The molecule has 2 amide bonds. The SMILES string of the molecule is CN(O)C(=O)Nc1ccc(-c2nnc(C3(c4ccccc4)CC3)n2C)c(Cl)c1. The highest BCUT2D eigenvalue weighted by Crippen LogP contribution is 2.53. The number of halogens is 1. The van der Waals surface area contributed by atoms with E-state index in [2.05, 4.69) is 27.6 Å². The maximum Gasteiger partial charge on any atom is 0.345 e. The van der Waals surface area contributed by atoms with E-state index in [4.69, 9.17) is 16.8 Å². The van der Waals surface area contributed by atoms with Gasteiger partial charge < -0.3 is 9.88 Å². The average molecular weight is 398 g/mol. The van der Waals surface area contributed by atoms with Crippen LogP contribution in [0, 0.1) is 0 Å². The lowest BCUT2D eigenvalue weighted by atomic mass is 9.95. The first-order chi connectivity index (χ1) is 13.4. The van der Waals surface area contributed by atoms with Crippen LogP contribution in [0.3, 0.4) is 0 Å². The molecule has 1 heterocycles. The Bertz CT molecular complexity index is 1030. The van der Waals surface area contributed by atoms with Crippen LogP contribution in [-0.2, 0) is 12.5 Å². The molecule has 8 heteroatoms. The summed E-state index contributed by atoms with van der Waals surface area (Å²) in [5, 5.41) is 21.5. The first-order valence-corrected chi connectivity index (χ1v) is 9.29. The topological polar surface area (TPSA) is 83.3 Å². The maximum atomic E-state index is 11.6. The van der Waals surface area contributed by atoms with Crippen LogP contribution in [0.4, 0.5) is 10.5 Å². The Morgan fingerprint density at radius 1 is 1.21 bits per heavy atom.